The van der Waals surface area contributed by atoms with Gasteiger partial charge in [0.2, 0.25) is 0 Å². The number of benzene rings is 1. The van der Waals surface area contributed by atoms with Crippen LogP contribution in [-0.2, 0) is 6.54 Å². The van der Waals surface area contributed by atoms with E-state index >= 15 is 0 Å². The Morgan fingerprint density at radius 3 is 2.75 bits per heavy atom. The van der Waals surface area contributed by atoms with Gasteiger partial charge in [-0.15, -0.1) is 0 Å². The molecule has 5 nitrogen and oxygen atoms in total. The van der Waals surface area contributed by atoms with Crippen molar-refractivity contribution in [2.45, 2.75) is 37.1 Å². The van der Waals surface area contributed by atoms with Gasteiger partial charge in [0.05, 0.1) is 17.4 Å². The topological polar surface area (TPSA) is 52.7 Å². The molecule has 0 unspecified atom stereocenters. The molecule has 3 aromatic heterocycles. The second-order valence-electron chi connectivity index (χ2n) is 6.53. The molecule has 0 fully saturated rings. The van der Waals surface area contributed by atoms with Crippen LogP contribution in [0.3, 0.4) is 0 Å². The van der Waals surface area contributed by atoms with Gasteiger partial charge in [-0.3, -0.25) is 14.5 Å². The Bertz CT molecular complexity index is 1190. The quantitative estimate of drug-likeness (QED) is 0.404. The molecule has 0 bridgehead atoms. The fourth-order valence-corrected chi connectivity index (χ4v) is 4.47. The predicted molar refractivity (Wildman–Crippen MR) is 113 cm³/mol. The van der Waals surface area contributed by atoms with Crippen LogP contribution < -0.4 is 0 Å². The Kier molecular flexibility index (Phi) is 5.00. The minimum Gasteiger partial charge on any atom is -0.310 e. The van der Waals surface area contributed by atoms with E-state index < -0.39 is 0 Å². The highest BCUT2D eigenvalue weighted by atomic mass is 35.5. The number of nitrogens with zero attached hydrogens (tertiary/aromatic N) is 4. The van der Waals surface area contributed by atoms with Gasteiger partial charge in [0.25, 0.3) is 0 Å². The third-order valence-corrected chi connectivity index (χ3v) is 6.06. The van der Waals surface area contributed by atoms with Crippen molar-refractivity contribution in [3.8, 4) is 5.69 Å². The molecule has 142 valence electrons. The molecule has 0 aliphatic carbocycles. The Labute approximate surface area is 172 Å². The first-order valence-electron chi connectivity index (χ1n) is 8.95. The van der Waals surface area contributed by atoms with Crippen LogP contribution in [0.2, 0.25) is 5.02 Å². The molecule has 4 rings (SSSR count). The molecule has 4 aromatic rings. The third kappa shape index (κ3) is 3.34. The number of aryl methyl sites for hydroxylation is 1. The highest BCUT2D eigenvalue weighted by Gasteiger charge is 2.18. The molecule has 0 radical (unpaired) electrons. The molecule has 0 N–H and O–H groups in total. The van der Waals surface area contributed by atoms with Crippen molar-refractivity contribution in [2.24, 2.45) is 0 Å². The van der Waals surface area contributed by atoms with E-state index in [0.29, 0.717) is 10.6 Å². The number of aromatic nitrogens is 4. The van der Waals surface area contributed by atoms with Crippen LogP contribution in [0, 0.1) is 6.92 Å². The number of carbonyl (C=O) groups excluding carboxylic acids is 1. The van der Waals surface area contributed by atoms with Gasteiger partial charge in [-0.05, 0) is 39.0 Å². The van der Waals surface area contributed by atoms with Gasteiger partial charge < -0.3 is 4.57 Å². The molecule has 0 spiro atoms. The number of halogens is 1. The minimum atomic E-state index is 0.00728. The molecule has 0 amide bonds. The van der Waals surface area contributed by atoms with E-state index in [9.17, 15) is 4.79 Å². The van der Waals surface area contributed by atoms with E-state index in [4.69, 9.17) is 11.6 Å². The lowest BCUT2D eigenvalue weighted by Crippen LogP contribution is -1.96. The molecule has 0 saturated carbocycles. The van der Waals surface area contributed by atoms with Crippen LogP contribution in [0.5, 0.6) is 0 Å². The van der Waals surface area contributed by atoms with Crippen molar-refractivity contribution < 1.29 is 4.79 Å². The maximum absolute atomic E-state index is 11.7. The summed E-state index contributed by atoms with van der Waals surface area (Å²) < 4.78 is 4.07. The smallest absolute Gasteiger partial charge is 0.161 e. The summed E-state index contributed by atoms with van der Waals surface area (Å²) in [6, 6.07) is 7.79. The van der Waals surface area contributed by atoms with Crippen LogP contribution in [0.4, 0.5) is 0 Å². The largest absolute Gasteiger partial charge is 0.310 e. The van der Waals surface area contributed by atoms with Gasteiger partial charge in [0.15, 0.2) is 5.78 Å². The average molecular weight is 411 g/mol. The first-order chi connectivity index (χ1) is 13.5. The standard InChI is InChI=1S/C21H19ClN4OS/c1-4-25-12-17(10-24-25)26-13(2)21(19-6-5-16(22)8-20(19)26)28-18-7-15(14(3)27)9-23-11-18/h5-12H,4H2,1-3H3. The van der Waals surface area contributed by atoms with Crippen LogP contribution in [-0.4, -0.2) is 25.1 Å². The number of fused-ring (bicyclic) bond motifs is 1. The summed E-state index contributed by atoms with van der Waals surface area (Å²) in [7, 11) is 0. The van der Waals surface area contributed by atoms with Crippen molar-refractivity contribution in [3.05, 3.63) is 65.3 Å². The molecule has 7 heteroatoms. The summed E-state index contributed by atoms with van der Waals surface area (Å²) in [6.45, 7) is 6.51. The van der Waals surface area contributed by atoms with E-state index in [1.165, 1.54) is 0 Å². The van der Waals surface area contributed by atoms with Gasteiger partial charge in [-0.25, -0.2) is 0 Å². The van der Waals surface area contributed by atoms with Crippen molar-refractivity contribution >= 4 is 40.0 Å². The molecule has 28 heavy (non-hydrogen) atoms. The number of pyridine rings is 1. The maximum Gasteiger partial charge on any atom is 0.161 e. The van der Waals surface area contributed by atoms with Gasteiger partial charge in [-0.2, -0.15) is 5.10 Å². The number of hydrogen-bond donors (Lipinski definition) is 0. The second-order valence-corrected chi connectivity index (χ2v) is 8.05. The normalized spacial score (nSPS) is 11.3. The zero-order valence-electron chi connectivity index (χ0n) is 15.8. The lowest BCUT2D eigenvalue weighted by Gasteiger charge is -2.06. The van der Waals surface area contributed by atoms with Gasteiger partial charge in [-0.1, -0.05) is 29.4 Å². The summed E-state index contributed by atoms with van der Waals surface area (Å²) in [5, 5.41) is 6.20. The molecule has 1 aromatic carbocycles. The number of ketones is 1. The van der Waals surface area contributed by atoms with Crippen molar-refractivity contribution in [3.63, 3.8) is 0 Å². The van der Waals surface area contributed by atoms with Crippen molar-refractivity contribution in [1.29, 1.82) is 0 Å². The zero-order valence-corrected chi connectivity index (χ0v) is 17.4. The molecule has 0 aliphatic heterocycles. The van der Waals surface area contributed by atoms with Crippen LogP contribution >= 0.6 is 23.4 Å². The summed E-state index contributed by atoms with van der Waals surface area (Å²) in [6.07, 6.45) is 7.27. The Hall–Kier alpha value is -2.57. The predicted octanol–water partition coefficient (Wildman–Crippen LogP) is 5.56. The summed E-state index contributed by atoms with van der Waals surface area (Å²) in [4.78, 5) is 18.0. The van der Waals surface area contributed by atoms with Gasteiger partial charge in [0.1, 0.15) is 0 Å². The van der Waals surface area contributed by atoms with Crippen LogP contribution in [0.25, 0.3) is 16.6 Å². The summed E-state index contributed by atoms with van der Waals surface area (Å²) >= 11 is 7.90. The highest BCUT2D eigenvalue weighted by molar-refractivity contribution is 7.99. The number of carbonyl (C=O) groups is 1. The maximum atomic E-state index is 11.7. The van der Waals surface area contributed by atoms with E-state index in [1.807, 2.05) is 41.3 Å². The Morgan fingerprint density at radius 2 is 2.04 bits per heavy atom. The van der Waals surface area contributed by atoms with E-state index in [0.717, 1.165) is 38.6 Å². The fraction of sp³-hybridized carbons (Fsp3) is 0.190. The second kappa shape index (κ2) is 7.45. The number of hydrogen-bond acceptors (Lipinski definition) is 4. The number of rotatable bonds is 5. The molecule has 0 saturated heterocycles. The fourth-order valence-electron chi connectivity index (χ4n) is 3.25. The highest BCUT2D eigenvalue weighted by Crippen LogP contribution is 2.40. The van der Waals surface area contributed by atoms with Crippen LogP contribution in [0.15, 0.2) is 58.8 Å². The first kappa shape index (κ1) is 18.8. The van der Waals surface area contributed by atoms with Crippen molar-refractivity contribution in [2.75, 3.05) is 0 Å². The SMILES string of the molecule is CCn1cc(-n2c(C)c(Sc3cncc(C(C)=O)c3)c3ccc(Cl)cc32)cn1. The molecule has 3 heterocycles. The zero-order chi connectivity index (χ0) is 19.8. The van der Waals surface area contributed by atoms with Gasteiger partial charge >= 0.3 is 0 Å². The molecule has 0 atom stereocenters. The minimum absolute atomic E-state index is 0.00728. The lowest BCUT2D eigenvalue weighted by molar-refractivity contribution is 0.101. The van der Waals surface area contributed by atoms with Crippen LogP contribution in [0.1, 0.15) is 29.9 Å². The van der Waals surface area contributed by atoms with Gasteiger partial charge in [0, 0.05) is 56.6 Å². The molecular weight excluding hydrogens is 392 g/mol. The van der Waals surface area contributed by atoms with E-state index in [1.54, 1.807) is 31.1 Å². The summed E-state index contributed by atoms with van der Waals surface area (Å²) in [5.74, 6) is 0.00728. The first-order valence-corrected chi connectivity index (χ1v) is 10.1. The average Bonchev–Trinajstić information content (AvgIpc) is 3.25. The Morgan fingerprint density at radius 1 is 1.21 bits per heavy atom. The monoisotopic (exact) mass is 410 g/mol. The summed E-state index contributed by atoms with van der Waals surface area (Å²) in [5.41, 5.74) is 3.72. The molecular formula is C21H19ClN4OS. The van der Waals surface area contributed by atoms with E-state index in [-0.39, 0.29) is 5.78 Å². The third-order valence-electron chi connectivity index (χ3n) is 4.65. The van der Waals surface area contributed by atoms with Crippen molar-refractivity contribution in [1.82, 2.24) is 19.3 Å². The van der Waals surface area contributed by atoms with E-state index in [2.05, 4.69) is 28.5 Å². The number of Topliss-reactive ketones (excluding diaryl/α,β-unsaturated/α-hetero) is 1. The molecule has 0 aliphatic rings. The Balaban J connectivity index is 1.88. The lowest BCUT2D eigenvalue weighted by atomic mass is 10.2.